The molecule has 1 atom stereocenters. The number of benzene rings is 2. The Balaban J connectivity index is 1.94. The molecule has 1 fully saturated rings. The molecule has 1 aliphatic rings. The summed E-state index contributed by atoms with van der Waals surface area (Å²) >= 11 is 0. The summed E-state index contributed by atoms with van der Waals surface area (Å²) in [5, 5.41) is 12.4. The van der Waals surface area contributed by atoms with Crippen LogP contribution in [0, 0.1) is 11.3 Å². The number of nitrogens with one attached hydrogen (secondary N) is 1. The Morgan fingerprint density at radius 3 is 2.81 bits per heavy atom. The summed E-state index contributed by atoms with van der Waals surface area (Å²) in [6, 6.07) is 15.9. The first-order valence-corrected chi connectivity index (χ1v) is 7.00. The molecule has 1 heterocycles. The van der Waals surface area contributed by atoms with Gasteiger partial charge in [0, 0.05) is 18.8 Å². The van der Waals surface area contributed by atoms with Crippen LogP contribution in [0.15, 0.2) is 42.5 Å². The first-order valence-electron chi connectivity index (χ1n) is 7.00. The van der Waals surface area contributed by atoms with Crippen molar-refractivity contribution in [3.8, 4) is 17.2 Å². The number of nitrogens with zero attached hydrogens (tertiary/aromatic N) is 1. The smallest absolute Gasteiger partial charge is 0.101 e. The van der Waals surface area contributed by atoms with E-state index >= 15 is 0 Å². The molecule has 0 bridgehead atoms. The summed E-state index contributed by atoms with van der Waals surface area (Å²) in [6.45, 7) is 2.46. The van der Waals surface area contributed by atoms with Crippen LogP contribution < -0.4 is 11.1 Å². The predicted molar refractivity (Wildman–Crippen MR) is 82.6 cm³/mol. The molecule has 0 radical (unpaired) electrons. The van der Waals surface area contributed by atoms with Crippen LogP contribution in [0.5, 0.6) is 0 Å². The molecule has 1 unspecified atom stereocenters. The second kappa shape index (κ2) is 5.96. The molecule has 3 rings (SSSR count). The Morgan fingerprint density at radius 2 is 2.05 bits per heavy atom. The van der Waals surface area contributed by atoms with Crippen molar-refractivity contribution < 1.29 is 4.74 Å². The zero-order valence-corrected chi connectivity index (χ0v) is 11.7. The van der Waals surface area contributed by atoms with E-state index in [0.717, 1.165) is 36.4 Å². The van der Waals surface area contributed by atoms with Gasteiger partial charge in [-0.2, -0.15) is 5.26 Å². The van der Waals surface area contributed by atoms with E-state index < -0.39 is 0 Å². The Bertz CT molecular complexity index is 685. The number of hydrogen-bond donors (Lipinski definition) is 2. The number of hydrogen-bond acceptors (Lipinski definition) is 4. The van der Waals surface area contributed by atoms with Crippen LogP contribution in [0.2, 0.25) is 0 Å². The third-order valence-corrected chi connectivity index (χ3v) is 3.69. The third-order valence-electron chi connectivity index (χ3n) is 3.69. The van der Waals surface area contributed by atoms with Crippen LogP contribution in [0.3, 0.4) is 0 Å². The van der Waals surface area contributed by atoms with Gasteiger partial charge in [-0.1, -0.05) is 24.3 Å². The van der Waals surface area contributed by atoms with Crippen LogP contribution in [-0.2, 0) is 4.74 Å². The van der Waals surface area contributed by atoms with Crippen LogP contribution in [0.4, 0.5) is 5.69 Å². The van der Waals surface area contributed by atoms with Gasteiger partial charge >= 0.3 is 0 Å². The van der Waals surface area contributed by atoms with Gasteiger partial charge in [0.05, 0.1) is 18.3 Å². The molecule has 4 heteroatoms. The van der Waals surface area contributed by atoms with Crippen LogP contribution in [0.25, 0.3) is 11.1 Å². The predicted octanol–water partition coefficient (Wildman–Crippen LogP) is 2.47. The largest absolute Gasteiger partial charge is 0.398 e. The van der Waals surface area contributed by atoms with Gasteiger partial charge < -0.3 is 15.8 Å². The second-order valence-electron chi connectivity index (χ2n) is 5.10. The number of anilines is 1. The second-order valence-corrected chi connectivity index (χ2v) is 5.10. The maximum absolute atomic E-state index is 9.09. The van der Waals surface area contributed by atoms with Crippen LogP contribution >= 0.6 is 0 Å². The molecule has 0 amide bonds. The number of rotatable bonds is 2. The summed E-state index contributed by atoms with van der Waals surface area (Å²) in [5.41, 5.74) is 10.0. The number of nitrogen functional groups attached to an aromatic ring is 1. The fourth-order valence-electron chi connectivity index (χ4n) is 2.53. The standard InChI is InChI=1S/C17H17N3O/c18-10-15-9-13(4-5-16(15)19)12-2-1-3-14(8-12)17-11-20-6-7-21-17/h1-5,8-9,17,20H,6-7,11,19H2. The van der Waals surface area contributed by atoms with Crippen LogP contribution in [0.1, 0.15) is 17.2 Å². The zero-order valence-electron chi connectivity index (χ0n) is 11.7. The molecule has 2 aromatic carbocycles. The summed E-state index contributed by atoms with van der Waals surface area (Å²) in [7, 11) is 0. The average molecular weight is 279 g/mol. The Labute approximate surface area is 124 Å². The van der Waals surface area contributed by atoms with Crippen molar-refractivity contribution in [1.82, 2.24) is 5.32 Å². The molecular formula is C17H17N3O. The van der Waals surface area contributed by atoms with Gasteiger partial charge in [0.25, 0.3) is 0 Å². The lowest BCUT2D eigenvalue weighted by atomic mass is 9.98. The van der Waals surface area contributed by atoms with E-state index in [4.69, 9.17) is 15.7 Å². The van der Waals surface area contributed by atoms with Gasteiger partial charge in [0.1, 0.15) is 6.07 Å². The Hall–Kier alpha value is -2.35. The minimum Gasteiger partial charge on any atom is -0.398 e. The highest BCUT2D eigenvalue weighted by Crippen LogP contribution is 2.27. The first-order chi connectivity index (χ1) is 10.3. The van der Waals surface area contributed by atoms with Crippen molar-refractivity contribution in [3.63, 3.8) is 0 Å². The minimum absolute atomic E-state index is 0.0860. The van der Waals surface area contributed by atoms with Gasteiger partial charge in [0.15, 0.2) is 0 Å². The topological polar surface area (TPSA) is 71.1 Å². The fraction of sp³-hybridized carbons (Fsp3) is 0.235. The summed E-state index contributed by atoms with van der Waals surface area (Å²) < 4.78 is 5.78. The molecule has 4 nitrogen and oxygen atoms in total. The van der Waals surface area contributed by atoms with Crippen molar-refractivity contribution in [3.05, 3.63) is 53.6 Å². The lowest BCUT2D eigenvalue weighted by Crippen LogP contribution is -2.33. The molecule has 106 valence electrons. The summed E-state index contributed by atoms with van der Waals surface area (Å²) in [6.07, 6.45) is 0.0860. The first kappa shape index (κ1) is 13.6. The molecule has 3 N–H and O–H groups in total. The minimum atomic E-state index is 0.0860. The van der Waals surface area contributed by atoms with Crippen LogP contribution in [-0.4, -0.2) is 19.7 Å². The molecular weight excluding hydrogens is 262 g/mol. The van der Waals surface area contributed by atoms with E-state index in [1.54, 1.807) is 6.07 Å². The number of nitriles is 1. The van der Waals surface area contributed by atoms with Crippen molar-refractivity contribution in [2.75, 3.05) is 25.4 Å². The maximum atomic E-state index is 9.09. The van der Waals surface area contributed by atoms with E-state index in [1.807, 2.05) is 24.3 Å². The maximum Gasteiger partial charge on any atom is 0.101 e. The van der Waals surface area contributed by atoms with Gasteiger partial charge in [0.2, 0.25) is 0 Å². The number of nitrogens with two attached hydrogens (primary N) is 1. The normalized spacial score (nSPS) is 18.1. The molecule has 0 spiro atoms. The number of ether oxygens (including phenoxy) is 1. The fourth-order valence-corrected chi connectivity index (χ4v) is 2.53. The van der Waals surface area contributed by atoms with Crippen molar-refractivity contribution in [1.29, 1.82) is 5.26 Å². The molecule has 21 heavy (non-hydrogen) atoms. The monoisotopic (exact) mass is 279 g/mol. The molecule has 0 saturated carbocycles. The van der Waals surface area contributed by atoms with Crippen molar-refractivity contribution >= 4 is 5.69 Å². The van der Waals surface area contributed by atoms with Gasteiger partial charge in [-0.15, -0.1) is 0 Å². The molecule has 0 aliphatic carbocycles. The summed E-state index contributed by atoms with van der Waals surface area (Å²) in [5.74, 6) is 0. The van der Waals surface area contributed by atoms with Gasteiger partial charge in [-0.25, -0.2) is 0 Å². The van der Waals surface area contributed by atoms with E-state index in [9.17, 15) is 0 Å². The van der Waals surface area contributed by atoms with E-state index in [1.165, 1.54) is 0 Å². The third kappa shape index (κ3) is 2.89. The highest BCUT2D eigenvalue weighted by Gasteiger charge is 2.16. The SMILES string of the molecule is N#Cc1cc(-c2cccc(C3CNCCO3)c2)ccc1N. The van der Waals surface area contributed by atoms with E-state index in [2.05, 4.69) is 23.5 Å². The lowest BCUT2D eigenvalue weighted by Gasteiger charge is -2.24. The van der Waals surface area contributed by atoms with Gasteiger partial charge in [-0.05, 0) is 34.9 Å². The lowest BCUT2D eigenvalue weighted by molar-refractivity contribution is 0.0277. The van der Waals surface area contributed by atoms with E-state index in [0.29, 0.717) is 11.3 Å². The molecule has 0 aromatic heterocycles. The highest BCUT2D eigenvalue weighted by molar-refractivity contribution is 5.70. The van der Waals surface area contributed by atoms with Crippen molar-refractivity contribution in [2.45, 2.75) is 6.10 Å². The Kier molecular flexibility index (Phi) is 3.87. The number of morpholine rings is 1. The van der Waals surface area contributed by atoms with E-state index in [-0.39, 0.29) is 6.10 Å². The summed E-state index contributed by atoms with van der Waals surface area (Å²) in [4.78, 5) is 0. The molecule has 1 aliphatic heterocycles. The molecule has 1 saturated heterocycles. The highest BCUT2D eigenvalue weighted by atomic mass is 16.5. The zero-order chi connectivity index (χ0) is 14.7. The van der Waals surface area contributed by atoms with Crippen molar-refractivity contribution in [2.24, 2.45) is 0 Å². The quantitative estimate of drug-likeness (QED) is 0.828. The van der Waals surface area contributed by atoms with Gasteiger partial charge in [-0.3, -0.25) is 0 Å². The molecule has 2 aromatic rings. The Morgan fingerprint density at radius 1 is 1.19 bits per heavy atom. The average Bonchev–Trinajstić information content (AvgIpc) is 2.56.